The van der Waals surface area contributed by atoms with Crippen LogP contribution in [0, 0.1) is 12.8 Å². The fraction of sp³-hybridized carbons (Fsp3) is 0.429. The highest BCUT2D eigenvalue weighted by atomic mass is 16.2. The van der Waals surface area contributed by atoms with Crippen molar-refractivity contribution in [1.29, 1.82) is 0 Å². The number of fused-ring (bicyclic) bond motifs is 1. The summed E-state index contributed by atoms with van der Waals surface area (Å²) in [6.45, 7) is 5.43. The lowest BCUT2D eigenvalue weighted by Gasteiger charge is -2.38. The van der Waals surface area contributed by atoms with Gasteiger partial charge >= 0.3 is 0 Å². The average molecular weight is 335 g/mol. The van der Waals surface area contributed by atoms with E-state index in [4.69, 9.17) is 0 Å². The van der Waals surface area contributed by atoms with Crippen molar-refractivity contribution >= 4 is 11.7 Å². The first-order chi connectivity index (χ1) is 12.2. The summed E-state index contributed by atoms with van der Waals surface area (Å²) in [5.74, 6) is 1.55. The van der Waals surface area contributed by atoms with Gasteiger partial charge < -0.3 is 9.80 Å². The first-order valence-electron chi connectivity index (χ1n) is 9.24. The minimum absolute atomic E-state index is 0.151. The molecule has 0 spiro atoms. The summed E-state index contributed by atoms with van der Waals surface area (Å²) in [6, 6.07) is 12.6. The molecule has 0 radical (unpaired) electrons. The summed E-state index contributed by atoms with van der Waals surface area (Å²) in [4.78, 5) is 21.8. The number of pyridine rings is 1. The molecule has 2 heterocycles. The highest BCUT2D eigenvalue weighted by Crippen LogP contribution is 2.27. The largest absolute Gasteiger partial charge is 0.353 e. The van der Waals surface area contributed by atoms with E-state index < -0.39 is 0 Å². The lowest BCUT2D eigenvalue weighted by Crippen LogP contribution is -2.51. The molecule has 1 aromatic carbocycles. The summed E-state index contributed by atoms with van der Waals surface area (Å²) in [6.07, 6.45) is 4.75. The molecule has 4 nitrogen and oxygen atoms in total. The second-order valence-electron chi connectivity index (χ2n) is 7.16. The number of aromatic nitrogens is 1. The van der Waals surface area contributed by atoms with Crippen LogP contribution in [-0.2, 0) is 17.6 Å². The Labute approximate surface area is 149 Å². The second kappa shape index (κ2) is 6.87. The Morgan fingerprint density at radius 3 is 2.56 bits per heavy atom. The molecule has 0 saturated carbocycles. The fourth-order valence-corrected chi connectivity index (χ4v) is 4.11. The molecule has 0 unspecified atom stereocenters. The zero-order valence-electron chi connectivity index (χ0n) is 14.8. The van der Waals surface area contributed by atoms with E-state index in [1.165, 1.54) is 16.7 Å². The summed E-state index contributed by atoms with van der Waals surface area (Å²) in [5, 5.41) is 0. The first kappa shape index (κ1) is 16.1. The van der Waals surface area contributed by atoms with Crippen LogP contribution in [0.1, 0.15) is 23.1 Å². The maximum Gasteiger partial charge on any atom is 0.226 e. The Morgan fingerprint density at radius 2 is 1.80 bits per heavy atom. The molecule has 1 amide bonds. The van der Waals surface area contributed by atoms with E-state index in [2.05, 4.69) is 52.0 Å². The molecular formula is C21H25N3O. The number of piperazine rings is 1. The predicted octanol–water partition coefficient (Wildman–Crippen LogP) is 2.84. The number of amides is 1. The number of nitrogens with zero attached hydrogens (tertiary/aromatic N) is 3. The number of hydrogen-bond acceptors (Lipinski definition) is 3. The monoisotopic (exact) mass is 335 g/mol. The minimum Gasteiger partial charge on any atom is -0.353 e. The van der Waals surface area contributed by atoms with Gasteiger partial charge in [0.15, 0.2) is 0 Å². The Kier molecular flexibility index (Phi) is 4.43. The van der Waals surface area contributed by atoms with Crippen molar-refractivity contribution in [2.75, 3.05) is 31.1 Å². The van der Waals surface area contributed by atoms with Crippen LogP contribution in [0.4, 0.5) is 5.82 Å². The van der Waals surface area contributed by atoms with Crippen molar-refractivity contribution in [2.45, 2.75) is 26.2 Å². The summed E-state index contributed by atoms with van der Waals surface area (Å²) in [5.41, 5.74) is 3.98. The fourth-order valence-electron chi connectivity index (χ4n) is 4.11. The SMILES string of the molecule is Cc1cccnc1N1CCN(C(=O)[C@H]2CCc3ccccc3C2)CC1. The van der Waals surface area contributed by atoms with E-state index in [1.54, 1.807) is 0 Å². The van der Waals surface area contributed by atoms with Gasteiger partial charge in [0, 0.05) is 38.3 Å². The molecule has 2 aromatic rings. The van der Waals surface area contributed by atoms with Crippen molar-refractivity contribution in [3.8, 4) is 0 Å². The van der Waals surface area contributed by atoms with E-state index in [9.17, 15) is 4.79 Å². The van der Waals surface area contributed by atoms with Crippen LogP contribution in [0.25, 0.3) is 0 Å². The van der Waals surface area contributed by atoms with E-state index in [1.807, 2.05) is 12.3 Å². The van der Waals surface area contributed by atoms with Gasteiger partial charge in [0.2, 0.25) is 5.91 Å². The Morgan fingerprint density at radius 1 is 1.04 bits per heavy atom. The highest BCUT2D eigenvalue weighted by molar-refractivity contribution is 5.80. The molecule has 1 fully saturated rings. The maximum absolute atomic E-state index is 13.0. The van der Waals surface area contributed by atoms with Crippen molar-refractivity contribution in [1.82, 2.24) is 9.88 Å². The van der Waals surface area contributed by atoms with Crippen LogP contribution >= 0.6 is 0 Å². The van der Waals surface area contributed by atoms with Crippen LogP contribution in [0.15, 0.2) is 42.6 Å². The zero-order valence-corrected chi connectivity index (χ0v) is 14.8. The lowest BCUT2D eigenvalue weighted by molar-refractivity contribution is -0.136. The first-order valence-corrected chi connectivity index (χ1v) is 9.24. The van der Waals surface area contributed by atoms with Crippen LogP contribution in [0.5, 0.6) is 0 Å². The molecule has 2 aliphatic rings. The van der Waals surface area contributed by atoms with E-state index in [0.29, 0.717) is 5.91 Å². The number of rotatable bonds is 2. The third-order valence-corrected chi connectivity index (χ3v) is 5.57. The third-order valence-electron chi connectivity index (χ3n) is 5.57. The molecule has 130 valence electrons. The summed E-state index contributed by atoms with van der Waals surface area (Å²) in [7, 11) is 0. The van der Waals surface area contributed by atoms with E-state index in [0.717, 1.165) is 51.3 Å². The third kappa shape index (κ3) is 3.26. The summed E-state index contributed by atoms with van der Waals surface area (Å²) < 4.78 is 0. The smallest absolute Gasteiger partial charge is 0.226 e. The van der Waals surface area contributed by atoms with E-state index in [-0.39, 0.29) is 5.92 Å². The van der Waals surface area contributed by atoms with Crippen molar-refractivity contribution in [2.24, 2.45) is 5.92 Å². The summed E-state index contributed by atoms with van der Waals surface area (Å²) >= 11 is 0. The van der Waals surface area contributed by atoms with Crippen LogP contribution < -0.4 is 4.90 Å². The molecule has 1 aliphatic heterocycles. The molecule has 0 bridgehead atoms. The van der Waals surface area contributed by atoms with Crippen LogP contribution in [0.2, 0.25) is 0 Å². The number of hydrogen-bond donors (Lipinski definition) is 0. The predicted molar refractivity (Wildman–Crippen MR) is 99.7 cm³/mol. The van der Waals surface area contributed by atoms with Crippen LogP contribution in [-0.4, -0.2) is 42.0 Å². The number of aryl methyl sites for hydroxylation is 2. The van der Waals surface area contributed by atoms with Gasteiger partial charge in [0.05, 0.1) is 0 Å². The van der Waals surface area contributed by atoms with Crippen molar-refractivity contribution in [3.05, 3.63) is 59.3 Å². The van der Waals surface area contributed by atoms with Gasteiger partial charge in [0.1, 0.15) is 5.82 Å². The minimum atomic E-state index is 0.151. The van der Waals surface area contributed by atoms with Crippen molar-refractivity contribution < 1.29 is 4.79 Å². The number of carbonyl (C=O) groups excluding carboxylic acids is 1. The van der Waals surface area contributed by atoms with Gasteiger partial charge in [-0.15, -0.1) is 0 Å². The molecule has 1 saturated heterocycles. The second-order valence-corrected chi connectivity index (χ2v) is 7.16. The number of carbonyl (C=O) groups is 1. The molecule has 0 N–H and O–H groups in total. The van der Waals surface area contributed by atoms with Gasteiger partial charge in [-0.3, -0.25) is 4.79 Å². The normalized spacial score (nSPS) is 20.3. The molecule has 1 aromatic heterocycles. The Bertz CT molecular complexity index is 765. The van der Waals surface area contributed by atoms with Crippen molar-refractivity contribution in [3.63, 3.8) is 0 Å². The Balaban J connectivity index is 1.38. The van der Waals surface area contributed by atoms with Crippen LogP contribution in [0.3, 0.4) is 0 Å². The van der Waals surface area contributed by atoms with Gasteiger partial charge in [-0.05, 0) is 48.9 Å². The number of benzene rings is 1. The van der Waals surface area contributed by atoms with Gasteiger partial charge in [-0.25, -0.2) is 4.98 Å². The van der Waals surface area contributed by atoms with Gasteiger partial charge in [0.25, 0.3) is 0 Å². The van der Waals surface area contributed by atoms with E-state index >= 15 is 0 Å². The standard InChI is InChI=1S/C21H25N3O/c1-16-5-4-10-22-20(16)23-11-13-24(14-12-23)21(25)19-9-8-17-6-2-3-7-18(17)15-19/h2-7,10,19H,8-9,11-15H2,1H3/t19-/m0/s1. The molecule has 4 rings (SSSR count). The maximum atomic E-state index is 13.0. The number of anilines is 1. The lowest BCUT2D eigenvalue weighted by atomic mass is 9.83. The Hall–Kier alpha value is -2.36. The van der Waals surface area contributed by atoms with Gasteiger partial charge in [-0.2, -0.15) is 0 Å². The topological polar surface area (TPSA) is 36.4 Å². The average Bonchev–Trinajstić information content (AvgIpc) is 2.67. The molecule has 4 heteroatoms. The molecule has 1 aliphatic carbocycles. The van der Waals surface area contributed by atoms with Gasteiger partial charge in [-0.1, -0.05) is 30.3 Å². The zero-order chi connectivity index (χ0) is 17.2. The molecular weight excluding hydrogens is 310 g/mol. The molecule has 1 atom stereocenters. The molecule has 25 heavy (non-hydrogen) atoms. The highest BCUT2D eigenvalue weighted by Gasteiger charge is 2.30. The quantitative estimate of drug-likeness (QED) is 0.847.